The van der Waals surface area contributed by atoms with E-state index in [4.69, 9.17) is 14.2 Å². The van der Waals surface area contributed by atoms with Crippen molar-refractivity contribution in [2.24, 2.45) is 17.3 Å². The number of aliphatic hydroxyl groups excluding tert-OH is 4. The molecule has 5 N–H and O–H groups in total. The Bertz CT molecular complexity index is 883. The molecule has 0 radical (unpaired) electrons. The Kier molecular flexibility index (Phi) is 7.43. The lowest BCUT2D eigenvalue weighted by Gasteiger charge is -2.56. The van der Waals surface area contributed by atoms with Gasteiger partial charge in [0.15, 0.2) is 5.60 Å². The van der Waals surface area contributed by atoms with Crippen LogP contribution in [-0.4, -0.2) is 87.0 Å². The molecule has 9 atom stereocenters. The molecule has 2 aliphatic carbocycles. The van der Waals surface area contributed by atoms with Crippen molar-refractivity contribution in [3.8, 4) is 0 Å². The van der Waals surface area contributed by atoms with Gasteiger partial charge < -0.3 is 39.7 Å². The van der Waals surface area contributed by atoms with Crippen LogP contribution in [0.15, 0.2) is 23.8 Å². The Morgan fingerprint density at radius 1 is 1.23 bits per heavy atom. The molecule has 4 aliphatic rings. The summed E-state index contributed by atoms with van der Waals surface area (Å²) < 4.78 is 15.7. The van der Waals surface area contributed by atoms with Gasteiger partial charge in [0.25, 0.3) is 0 Å². The van der Waals surface area contributed by atoms with E-state index in [-0.39, 0.29) is 24.9 Å². The van der Waals surface area contributed by atoms with Crippen LogP contribution in [0.2, 0.25) is 0 Å². The SMILES string of the molecule is C=C1CC[C@@H]2[C@](C)(CCC[C@]2(O)C(=O)O[C@@H]2O[C@H](CO)[C@@H](O)[C@H](O)[C@H]2O)[C@H]1CCC1=CCOC1=O. The Morgan fingerprint density at radius 3 is 2.63 bits per heavy atom. The average Bonchev–Trinajstić information content (AvgIpc) is 3.23. The summed E-state index contributed by atoms with van der Waals surface area (Å²) in [6, 6.07) is 0. The summed E-state index contributed by atoms with van der Waals surface area (Å²) in [5.41, 5.74) is -0.658. The van der Waals surface area contributed by atoms with Crippen molar-refractivity contribution in [2.45, 2.75) is 88.2 Å². The monoisotopic (exact) mass is 496 g/mol. The first kappa shape index (κ1) is 26.2. The highest BCUT2D eigenvalue weighted by Gasteiger charge is 2.60. The highest BCUT2D eigenvalue weighted by atomic mass is 16.7. The number of hydrogen-bond acceptors (Lipinski definition) is 10. The fourth-order valence-corrected chi connectivity index (χ4v) is 6.64. The normalized spacial score (nSPS) is 43.8. The summed E-state index contributed by atoms with van der Waals surface area (Å²) in [4.78, 5) is 25.2. The van der Waals surface area contributed by atoms with Crippen molar-refractivity contribution in [1.82, 2.24) is 0 Å². The quantitative estimate of drug-likeness (QED) is 0.252. The highest BCUT2D eigenvalue weighted by molar-refractivity contribution is 5.90. The van der Waals surface area contributed by atoms with Crippen LogP contribution >= 0.6 is 0 Å². The predicted molar refractivity (Wildman–Crippen MR) is 120 cm³/mol. The third kappa shape index (κ3) is 4.56. The molecule has 2 saturated carbocycles. The molecule has 0 aromatic rings. The molecule has 0 aromatic carbocycles. The number of rotatable bonds is 6. The van der Waals surface area contributed by atoms with E-state index in [9.17, 15) is 35.1 Å². The molecule has 0 aromatic heterocycles. The van der Waals surface area contributed by atoms with Crippen LogP contribution in [0, 0.1) is 17.3 Å². The molecule has 2 heterocycles. The summed E-state index contributed by atoms with van der Waals surface area (Å²) in [6.07, 6.45) is -2.31. The molecule has 0 amide bonds. The predicted octanol–water partition coefficient (Wildman–Crippen LogP) is 0.0966. The minimum Gasteiger partial charge on any atom is -0.458 e. The van der Waals surface area contributed by atoms with Crippen LogP contribution in [0.25, 0.3) is 0 Å². The summed E-state index contributed by atoms with van der Waals surface area (Å²) in [5, 5.41) is 51.4. The smallest absolute Gasteiger partial charge is 0.340 e. The van der Waals surface area contributed by atoms with E-state index in [0.717, 1.165) is 12.0 Å². The van der Waals surface area contributed by atoms with Crippen molar-refractivity contribution in [3.05, 3.63) is 23.8 Å². The van der Waals surface area contributed by atoms with Gasteiger partial charge in [0, 0.05) is 11.5 Å². The summed E-state index contributed by atoms with van der Waals surface area (Å²) in [6.45, 7) is 5.93. The van der Waals surface area contributed by atoms with Crippen LogP contribution in [0.4, 0.5) is 0 Å². The molecule has 10 nitrogen and oxygen atoms in total. The molecular formula is C25H36O10. The second kappa shape index (κ2) is 9.91. The van der Waals surface area contributed by atoms with E-state index in [0.29, 0.717) is 37.7 Å². The number of fused-ring (bicyclic) bond motifs is 1. The first-order valence-corrected chi connectivity index (χ1v) is 12.3. The van der Waals surface area contributed by atoms with Crippen LogP contribution in [-0.2, 0) is 23.8 Å². The zero-order chi connectivity index (χ0) is 25.5. The second-order valence-electron chi connectivity index (χ2n) is 10.6. The molecule has 0 unspecified atom stereocenters. The number of cyclic esters (lactones) is 1. The first-order chi connectivity index (χ1) is 16.5. The zero-order valence-electron chi connectivity index (χ0n) is 20.0. The van der Waals surface area contributed by atoms with Crippen molar-refractivity contribution >= 4 is 11.9 Å². The Balaban J connectivity index is 1.52. The number of aliphatic hydroxyl groups is 5. The van der Waals surface area contributed by atoms with Gasteiger partial charge in [0.1, 0.15) is 31.0 Å². The summed E-state index contributed by atoms with van der Waals surface area (Å²) in [7, 11) is 0. The number of ether oxygens (including phenoxy) is 3. The van der Waals surface area contributed by atoms with E-state index in [2.05, 4.69) is 6.58 Å². The maximum Gasteiger partial charge on any atom is 0.340 e. The first-order valence-electron chi connectivity index (χ1n) is 12.3. The fourth-order valence-electron chi connectivity index (χ4n) is 6.64. The largest absolute Gasteiger partial charge is 0.458 e. The minimum absolute atomic E-state index is 0.0255. The number of carbonyl (C=O) groups excluding carboxylic acids is 2. The standard InChI is InChI=1S/C25H36O10/c1-13-4-7-17-24(2,15(13)6-5-14-8-11-33-21(14)30)9-3-10-25(17,32)23(31)35-22-20(29)19(28)18(27)16(12-26)34-22/h8,15-20,22,26-29,32H,1,3-7,9-12H2,2H3/t15-,16+,17+,18+,19-,20+,22-,24+,25+/m0/s1. The lowest BCUT2D eigenvalue weighted by molar-refractivity contribution is -0.300. The summed E-state index contributed by atoms with van der Waals surface area (Å²) >= 11 is 0. The Hall–Kier alpha value is -1.82. The summed E-state index contributed by atoms with van der Waals surface area (Å²) in [5.74, 6) is -1.76. The topological polar surface area (TPSA) is 163 Å². The molecule has 3 fully saturated rings. The molecule has 2 aliphatic heterocycles. The van der Waals surface area contributed by atoms with Gasteiger partial charge in [-0.1, -0.05) is 19.1 Å². The highest BCUT2D eigenvalue weighted by Crippen LogP contribution is 2.59. The zero-order valence-corrected chi connectivity index (χ0v) is 20.0. The Morgan fingerprint density at radius 2 is 1.97 bits per heavy atom. The number of hydrogen-bond donors (Lipinski definition) is 5. The van der Waals surface area contributed by atoms with E-state index in [1.165, 1.54) is 0 Å². The van der Waals surface area contributed by atoms with Gasteiger partial charge in [0.05, 0.1) is 6.61 Å². The fraction of sp³-hybridized carbons (Fsp3) is 0.760. The number of allylic oxidation sites excluding steroid dienone is 1. The lowest BCUT2D eigenvalue weighted by atomic mass is 9.49. The van der Waals surface area contributed by atoms with Gasteiger partial charge in [-0.3, -0.25) is 0 Å². The molecule has 10 heteroatoms. The second-order valence-corrected chi connectivity index (χ2v) is 10.6. The number of esters is 2. The van der Waals surface area contributed by atoms with Crippen molar-refractivity contribution in [3.63, 3.8) is 0 Å². The van der Waals surface area contributed by atoms with Crippen LogP contribution in [0.1, 0.15) is 51.9 Å². The van der Waals surface area contributed by atoms with Crippen LogP contribution in [0.3, 0.4) is 0 Å². The minimum atomic E-state index is -1.85. The van der Waals surface area contributed by atoms with E-state index in [1.807, 2.05) is 6.92 Å². The molecular weight excluding hydrogens is 460 g/mol. The molecule has 35 heavy (non-hydrogen) atoms. The molecule has 1 saturated heterocycles. The lowest BCUT2D eigenvalue weighted by Crippen LogP contribution is -2.63. The maximum absolute atomic E-state index is 13.3. The van der Waals surface area contributed by atoms with Gasteiger partial charge in [-0.2, -0.15) is 0 Å². The van der Waals surface area contributed by atoms with Crippen molar-refractivity contribution < 1.29 is 49.3 Å². The van der Waals surface area contributed by atoms with Crippen molar-refractivity contribution in [2.75, 3.05) is 13.2 Å². The van der Waals surface area contributed by atoms with Gasteiger partial charge in [-0.25, -0.2) is 9.59 Å². The van der Waals surface area contributed by atoms with Crippen LogP contribution in [0.5, 0.6) is 0 Å². The van der Waals surface area contributed by atoms with Gasteiger partial charge in [-0.15, -0.1) is 0 Å². The molecule has 196 valence electrons. The van der Waals surface area contributed by atoms with Gasteiger partial charge in [-0.05, 0) is 62.4 Å². The van der Waals surface area contributed by atoms with E-state index in [1.54, 1.807) is 6.08 Å². The third-order valence-electron chi connectivity index (χ3n) is 8.62. The molecule has 0 spiro atoms. The van der Waals surface area contributed by atoms with E-state index < -0.39 is 60.2 Å². The maximum atomic E-state index is 13.3. The third-order valence-corrected chi connectivity index (χ3v) is 8.62. The molecule has 0 bridgehead atoms. The van der Waals surface area contributed by atoms with Gasteiger partial charge in [0.2, 0.25) is 6.29 Å². The molecule has 4 rings (SSSR count). The van der Waals surface area contributed by atoms with Gasteiger partial charge >= 0.3 is 11.9 Å². The van der Waals surface area contributed by atoms with E-state index >= 15 is 0 Å². The average molecular weight is 497 g/mol. The van der Waals surface area contributed by atoms with Crippen LogP contribution < -0.4 is 0 Å². The van der Waals surface area contributed by atoms with Crippen molar-refractivity contribution in [1.29, 1.82) is 0 Å². The number of carbonyl (C=O) groups is 2. The Labute approximate surface area is 204 Å².